The third-order valence-electron chi connectivity index (χ3n) is 3.08. The van der Waals surface area contributed by atoms with Gasteiger partial charge in [0.2, 0.25) is 0 Å². The summed E-state index contributed by atoms with van der Waals surface area (Å²) in [5.41, 5.74) is 0.0194. The molecule has 0 bridgehead atoms. The van der Waals surface area contributed by atoms with Crippen LogP contribution in [0, 0.1) is 11.6 Å². The molecule has 18 heavy (non-hydrogen) atoms. The summed E-state index contributed by atoms with van der Waals surface area (Å²) in [6.07, 6.45) is 1.23. The molecule has 1 aromatic carbocycles. The predicted octanol–water partition coefficient (Wildman–Crippen LogP) is 2.48. The van der Waals surface area contributed by atoms with Crippen LogP contribution in [0.5, 0.6) is 0 Å². The molecule has 1 heterocycles. The van der Waals surface area contributed by atoms with Crippen molar-refractivity contribution in [2.45, 2.75) is 25.0 Å². The first-order chi connectivity index (χ1) is 8.66. The predicted molar refractivity (Wildman–Crippen MR) is 69.7 cm³/mol. The highest BCUT2D eigenvalue weighted by Crippen LogP contribution is 2.20. The van der Waals surface area contributed by atoms with E-state index in [1.165, 1.54) is 5.75 Å². The zero-order valence-electron chi connectivity index (χ0n) is 10.0. The van der Waals surface area contributed by atoms with Crippen LogP contribution in [0.15, 0.2) is 18.2 Å². The average Bonchev–Trinajstić information content (AvgIpc) is 2.40. The Morgan fingerprint density at radius 1 is 1.44 bits per heavy atom. The Kier molecular flexibility index (Phi) is 4.97. The van der Waals surface area contributed by atoms with Gasteiger partial charge in [0.15, 0.2) is 0 Å². The van der Waals surface area contributed by atoms with Crippen molar-refractivity contribution in [1.82, 2.24) is 5.32 Å². The van der Waals surface area contributed by atoms with E-state index in [1.54, 1.807) is 0 Å². The molecule has 1 aliphatic rings. The molecule has 2 nitrogen and oxygen atoms in total. The van der Waals surface area contributed by atoms with Crippen LogP contribution < -0.4 is 5.32 Å². The summed E-state index contributed by atoms with van der Waals surface area (Å²) in [5.74, 6) is 1.10. The lowest BCUT2D eigenvalue weighted by Gasteiger charge is -2.24. The van der Waals surface area contributed by atoms with Crippen LogP contribution >= 0.6 is 11.8 Å². The van der Waals surface area contributed by atoms with E-state index in [-0.39, 0.29) is 12.1 Å². The average molecular weight is 273 g/mol. The fraction of sp³-hybridized carbons (Fsp3) is 0.538. The normalized spacial score (nSPS) is 21.8. The molecule has 2 N–H and O–H groups in total. The van der Waals surface area contributed by atoms with Crippen molar-refractivity contribution < 1.29 is 13.9 Å². The minimum Gasteiger partial charge on any atom is -0.387 e. The second-order valence-electron chi connectivity index (χ2n) is 4.50. The number of benzene rings is 1. The largest absolute Gasteiger partial charge is 0.387 e. The SMILES string of the molecule is OC(CNC1CCCSC1)c1cc(F)ccc1F. The van der Waals surface area contributed by atoms with Crippen molar-refractivity contribution in [3.63, 3.8) is 0 Å². The third kappa shape index (κ3) is 3.67. The van der Waals surface area contributed by atoms with Gasteiger partial charge in [0, 0.05) is 23.9 Å². The van der Waals surface area contributed by atoms with E-state index in [0.29, 0.717) is 6.04 Å². The summed E-state index contributed by atoms with van der Waals surface area (Å²) in [6.45, 7) is 0.256. The maximum absolute atomic E-state index is 13.4. The number of hydrogen-bond acceptors (Lipinski definition) is 3. The molecule has 100 valence electrons. The zero-order valence-corrected chi connectivity index (χ0v) is 10.9. The quantitative estimate of drug-likeness (QED) is 0.884. The molecule has 0 amide bonds. The molecule has 0 aliphatic carbocycles. The smallest absolute Gasteiger partial charge is 0.129 e. The van der Waals surface area contributed by atoms with Gasteiger partial charge in [-0.3, -0.25) is 0 Å². The zero-order chi connectivity index (χ0) is 13.0. The topological polar surface area (TPSA) is 32.3 Å². The third-order valence-corrected chi connectivity index (χ3v) is 4.29. The Bertz CT molecular complexity index is 397. The van der Waals surface area contributed by atoms with Crippen LogP contribution in [0.4, 0.5) is 8.78 Å². The molecule has 1 saturated heterocycles. The summed E-state index contributed by atoms with van der Waals surface area (Å²) in [6, 6.07) is 3.51. The summed E-state index contributed by atoms with van der Waals surface area (Å²) < 4.78 is 26.4. The van der Waals surface area contributed by atoms with Crippen LogP contribution in [0.2, 0.25) is 0 Å². The number of halogens is 2. The maximum atomic E-state index is 13.4. The molecule has 0 spiro atoms. The highest BCUT2D eigenvalue weighted by Gasteiger charge is 2.17. The van der Waals surface area contributed by atoms with E-state index in [9.17, 15) is 13.9 Å². The van der Waals surface area contributed by atoms with E-state index in [4.69, 9.17) is 0 Å². The van der Waals surface area contributed by atoms with Crippen LogP contribution in [0.3, 0.4) is 0 Å². The van der Waals surface area contributed by atoms with Crippen molar-refractivity contribution in [2.75, 3.05) is 18.1 Å². The van der Waals surface area contributed by atoms with Gasteiger partial charge in [-0.1, -0.05) is 0 Å². The molecule has 2 unspecified atom stereocenters. The summed E-state index contributed by atoms with van der Waals surface area (Å²) in [7, 11) is 0. The van der Waals surface area contributed by atoms with Crippen molar-refractivity contribution in [2.24, 2.45) is 0 Å². The fourth-order valence-electron chi connectivity index (χ4n) is 2.06. The second-order valence-corrected chi connectivity index (χ2v) is 5.65. The standard InChI is InChI=1S/C13H17F2NOS/c14-9-3-4-12(15)11(6-9)13(17)7-16-10-2-1-5-18-8-10/h3-4,6,10,13,16-17H,1-2,5,7-8H2. The van der Waals surface area contributed by atoms with Crippen molar-refractivity contribution in [3.8, 4) is 0 Å². The van der Waals surface area contributed by atoms with Crippen molar-refractivity contribution in [1.29, 1.82) is 0 Å². The first-order valence-corrected chi connectivity index (χ1v) is 7.26. The van der Waals surface area contributed by atoms with Crippen LogP contribution in [0.1, 0.15) is 24.5 Å². The van der Waals surface area contributed by atoms with Gasteiger partial charge in [0.05, 0.1) is 6.10 Å². The molecule has 1 aromatic rings. The summed E-state index contributed by atoms with van der Waals surface area (Å²) in [5, 5.41) is 13.1. The Morgan fingerprint density at radius 3 is 3.00 bits per heavy atom. The van der Waals surface area contributed by atoms with Gasteiger partial charge >= 0.3 is 0 Å². The fourth-order valence-corrected chi connectivity index (χ4v) is 3.17. The first-order valence-electron chi connectivity index (χ1n) is 6.11. The van der Waals surface area contributed by atoms with Crippen molar-refractivity contribution >= 4 is 11.8 Å². The molecule has 0 aromatic heterocycles. The highest BCUT2D eigenvalue weighted by atomic mass is 32.2. The minimum absolute atomic E-state index is 0.0194. The van der Waals surface area contributed by atoms with E-state index in [2.05, 4.69) is 5.32 Å². The van der Waals surface area contributed by atoms with Gasteiger partial charge in [-0.2, -0.15) is 11.8 Å². The van der Waals surface area contributed by atoms with Gasteiger partial charge in [0.1, 0.15) is 11.6 Å². The Morgan fingerprint density at radius 2 is 2.28 bits per heavy atom. The van der Waals surface area contributed by atoms with E-state index in [0.717, 1.165) is 36.8 Å². The molecular formula is C13H17F2NOS. The number of aliphatic hydroxyl groups excluding tert-OH is 1. The van der Waals surface area contributed by atoms with E-state index in [1.807, 2.05) is 11.8 Å². The molecule has 0 radical (unpaired) electrons. The molecule has 2 rings (SSSR count). The number of aliphatic hydroxyl groups is 1. The van der Waals surface area contributed by atoms with Crippen LogP contribution in [0.25, 0.3) is 0 Å². The minimum atomic E-state index is -1.01. The van der Waals surface area contributed by atoms with E-state index < -0.39 is 17.7 Å². The lowest BCUT2D eigenvalue weighted by atomic mass is 10.1. The second kappa shape index (κ2) is 6.50. The lowest BCUT2D eigenvalue weighted by Crippen LogP contribution is -2.36. The molecule has 2 atom stereocenters. The van der Waals surface area contributed by atoms with Gasteiger partial charge in [-0.15, -0.1) is 0 Å². The van der Waals surface area contributed by atoms with E-state index >= 15 is 0 Å². The Labute approximate surface area is 110 Å². The van der Waals surface area contributed by atoms with Crippen molar-refractivity contribution in [3.05, 3.63) is 35.4 Å². The van der Waals surface area contributed by atoms with Crippen LogP contribution in [-0.2, 0) is 0 Å². The molecule has 1 aliphatic heterocycles. The monoisotopic (exact) mass is 273 g/mol. The molecule has 1 fully saturated rings. The Hall–Kier alpha value is -0.650. The number of nitrogens with one attached hydrogen (secondary N) is 1. The first kappa shape index (κ1) is 13.8. The van der Waals surface area contributed by atoms with Gasteiger partial charge in [0.25, 0.3) is 0 Å². The highest BCUT2D eigenvalue weighted by molar-refractivity contribution is 7.99. The number of hydrogen-bond donors (Lipinski definition) is 2. The molecule has 5 heteroatoms. The molecular weight excluding hydrogens is 256 g/mol. The van der Waals surface area contributed by atoms with Gasteiger partial charge in [-0.25, -0.2) is 8.78 Å². The number of thioether (sulfide) groups is 1. The summed E-state index contributed by atoms with van der Waals surface area (Å²) >= 11 is 1.88. The molecule has 0 saturated carbocycles. The van der Waals surface area contributed by atoms with Gasteiger partial charge in [-0.05, 0) is 36.8 Å². The Balaban J connectivity index is 1.90. The van der Waals surface area contributed by atoms with Gasteiger partial charge < -0.3 is 10.4 Å². The van der Waals surface area contributed by atoms with Crippen LogP contribution in [-0.4, -0.2) is 29.2 Å². The maximum Gasteiger partial charge on any atom is 0.129 e. The number of rotatable bonds is 4. The summed E-state index contributed by atoms with van der Waals surface area (Å²) in [4.78, 5) is 0. The lowest BCUT2D eigenvalue weighted by molar-refractivity contribution is 0.165.